The molecule has 0 aromatic heterocycles. The second kappa shape index (κ2) is 4.04. The maximum Gasteiger partial charge on any atom is 0.269 e. The van der Waals surface area contributed by atoms with Gasteiger partial charge in [-0.15, -0.1) is 0 Å². The molecular weight excluding hydrogens is 190 g/mol. The minimum Gasteiger partial charge on any atom is -0.282 e. The van der Waals surface area contributed by atoms with Crippen LogP contribution in [0.4, 0.5) is 5.69 Å². The van der Waals surface area contributed by atoms with Crippen LogP contribution >= 0.6 is 11.8 Å². The van der Waals surface area contributed by atoms with E-state index in [2.05, 4.69) is 0 Å². The lowest BCUT2D eigenvalue weighted by Crippen LogP contribution is -1.93. The Labute approximate surface area is 79.1 Å². The van der Waals surface area contributed by atoms with Crippen molar-refractivity contribution in [2.45, 2.75) is 0 Å². The molecule has 0 bridgehead atoms. The molecule has 1 rings (SSSR count). The summed E-state index contributed by atoms with van der Waals surface area (Å²) in [5.74, 6) is 0. The molecule has 0 saturated carbocycles. The molecule has 4 nitrogen and oxygen atoms in total. The Kier molecular flexibility index (Phi) is 3.02. The van der Waals surface area contributed by atoms with Crippen molar-refractivity contribution >= 4 is 22.6 Å². The molecule has 0 aliphatic carbocycles. The van der Waals surface area contributed by atoms with E-state index in [1.807, 2.05) is 0 Å². The van der Waals surface area contributed by atoms with Crippen LogP contribution in [-0.2, 0) is 0 Å². The molecule has 0 aliphatic heterocycles. The summed E-state index contributed by atoms with van der Waals surface area (Å²) in [6.07, 6.45) is 1.67. The SMILES string of the molecule is CSC(=O)c1ccc([N+](=O)[O-])cc1. The molecule has 0 N–H and O–H groups in total. The number of hydrogen-bond donors (Lipinski definition) is 0. The number of thioether (sulfide) groups is 1. The number of non-ortho nitro benzene ring substituents is 1. The van der Waals surface area contributed by atoms with Gasteiger partial charge in [-0.05, 0) is 18.4 Å². The number of rotatable bonds is 2. The molecule has 5 heteroatoms. The van der Waals surface area contributed by atoms with E-state index < -0.39 is 4.92 Å². The van der Waals surface area contributed by atoms with Gasteiger partial charge in [0.25, 0.3) is 5.69 Å². The molecule has 1 aromatic carbocycles. The van der Waals surface area contributed by atoms with Gasteiger partial charge in [0, 0.05) is 17.7 Å². The first-order chi connectivity index (χ1) is 6.15. The van der Waals surface area contributed by atoms with Gasteiger partial charge in [0.15, 0.2) is 0 Å². The Hall–Kier alpha value is -1.36. The number of carbonyl (C=O) groups is 1. The van der Waals surface area contributed by atoms with E-state index in [9.17, 15) is 14.9 Å². The molecule has 0 aliphatic rings. The van der Waals surface area contributed by atoms with Crippen LogP contribution in [0.3, 0.4) is 0 Å². The second-order valence-electron chi connectivity index (χ2n) is 2.30. The summed E-state index contributed by atoms with van der Waals surface area (Å²) in [7, 11) is 0. The summed E-state index contributed by atoms with van der Waals surface area (Å²) in [5, 5.41) is 10.2. The third-order valence-electron chi connectivity index (χ3n) is 1.50. The second-order valence-corrected chi connectivity index (χ2v) is 3.07. The van der Waals surface area contributed by atoms with Crippen molar-refractivity contribution in [1.29, 1.82) is 0 Å². The fourth-order valence-electron chi connectivity index (χ4n) is 0.837. The lowest BCUT2D eigenvalue weighted by Gasteiger charge is -1.95. The molecule has 0 saturated heterocycles. The van der Waals surface area contributed by atoms with Crippen LogP contribution in [0.1, 0.15) is 10.4 Å². The fraction of sp³-hybridized carbons (Fsp3) is 0.125. The number of hydrogen-bond acceptors (Lipinski definition) is 4. The van der Waals surface area contributed by atoms with E-state index in [-0.39, 0.29) is 10.8 Å². The van der Waals surface area contributed by atoms with E-state index in [4.69, 9.17) is 0 Å². The van der Waals surface area contributed by atoms with Crippen LogP contribution < -0.4 is 0 Å². The zero-order valence-electron chi connectivity index (χ0n) is 6.89. The van der Waals surface area contributed by atoms with E-state index in [1.54, 1.807) is 6.26 Å². The van der Waals surface area contributed by atoms with Gasteiger partial charge in [-0.1, -0.05) is 11.8 Å². The van der Waals surface area contributed by atoms with E-state index in [0.29, 0.717) is 5.56 Å². The van der Waals surface area contributed by atoms with Crippen molar-refractivity contribution < 1.29 is 9.72 Å². The molecule has 0 heterocycles. The van der Waals surface area contributed by atoms with Crippen molar-refractivity contribution in [3.63, 3.8) is 0 Å². The van der Waals surface area contributed by atoms with E-state index >= 15 is 0 Å². The van der Waals surface area contributed by atoms with Gasteiger partial charge in [0.1, 0.15) is 0 Å². The number of carbonyl (C=O) groups excluding carboxylic acids is 1. The maximum absolute atomic E-state index is 11.1. The van der Waals surface area contributed by atoms with Crippen molar-refractivity contribution in [3.05, 3.63) is 39.9 Å². The third-order valence-corrected chi connectivity index (χ3v) is 2.11. The topological polar surface area (TPSA) is 60.2 Å². The fourth-order valence-corrected chi connectivity index (χ4v) is 1.21. The first-order valence-electron chi connectivity index (χ1n) is 3.48. The number of nitro groups is 1. The van der Waals surface area contributed by atoms with Gasteiger partial charge in [-0.2, -0.15) is 0 Å². The van der Waals surface area contributed by atoms with Crippen molar-refractivity contribution in [2.24, 2.45) is 0 Å². The van der Waals surface area contributed by atoms with Crippen molar-refractivity contribution in [2.75, 3.05) is 6.26 Å². The minimum absolute atomic E-state index is 0.00217. The maximum atomic E-state index is 11.1. The Morgan fingerprint density at radius 1 is 1.38 bits per heavy atom. The van der Waals surface area contributed by atoms with Crippen LogP contribution in [0, 0.1) is 10.1 Å². The van der Waals surface area contributed by atoms with Crippen LogP contribution in [-0.4, -0.2) is 16.3 Å². The van der Waals surface area contributed by atoms with Crippen LogP contribution in [0.25, 0.3) is 0 Å². The molecule has 13 heavy (non-hydrogen) atoms. The van der Waals surface area contributed by atoms with E-state index in [0.717, 1.165) is 11.8 Å². The lowest BCUT2D eigenvalue weighted by atomic mass is 10.2. The van der Waals surface area contributed by atoms with Gasteiger partial charge in [0.05, 0.1) is 4.92 Å². The third kappa shape index (κ3) is 2.29. The normalized spacial score (nSPS) is 9.62. The molecule has 1 aromatic rings. The largest absolute Gasteiger partial charge is 0.282 e. The van der Waals surface area contributed by atoms with Crippen LogP contribution in [0.2, 0.25) is 0 Å². The quantitative estimate of drug-likeness (QED) is 0.538. The summed E-state index contributed by atoms with van der Waals surface area (Å²) in [6, 6.07) is 5.56. The molecular formula is C8H7NO3S. The first-order valence-corrected chi connectivity index (χ1v) is 4.70. The average Bonchev–Trinajstić information content (AvgIpc) is 2.17. The molecule has 0 fully saturated rings. The summed E-state index contributed by atoms with van der Waals surface area (Å²) in [5.41, 5.74) is 0.482. The predicted molar refractivity (Wildman–Crippen MR) is 50.9 cm³/mol. The van der Waals surface area contributed by atoms with Gasteiger partial charge in [0.2, 0.25) is 5.12 Å². The standard InChI is InChI=1S/C8H7NO3S/c1-13-8(10)6-2-4-7(5-3-6)9(11)12/h2-5H,1H3. The molecule has 0 atom stereocenters. The Balaban J connectivity index is 2.93. The highest BCUT2D eigenvalue weighted by atomic mass is 32.2. The highest BCUT2D eigenvalue weighted by molar-refractivity contribution is 8.13. The smallest absolute Gasteiger partial charge is 0.269 e. The Bertz CT molecular complexity index is 334. The first kappa shape index (κ1) is 9.73. The Morgan fingerprint density at radius 2 is 1.92 bits per heavy atom. The number of benzene rings is 1. The molecule has 68 valence electrons. The number of nitro benzene ring substituents is 1. The zero-order chi connectivity index (χ0) is 9.84. The average molecular weight is 197 g/mol. The lowest BCUT2D eigenvalue weighted by molar-refractivity contribution is -0.384. The number of nitrogens with zero attached hydrogens (tertiary/aromatic N) is 1. The molecule has 0 unspecified atom stereocenters. The zero-order valence-corrected chi connectivity index (χ0v) is 7.71. The summed E-state index contributed by atoms with van der Waals surface area (Å²) in [6.45, 7) is 0. The van der Waals surface area contributed by atoms with Gasteiger partial charge < -0.3 is 0 Å². The van der Waals surface area contributed by atoms with E-state index in [1.165, 1.54) is 24.3 Å². The summed E-state index contributed by atoms with van der Waals surface area (Å²) in [4.78, 5) is 20.9. The van der Waals surface area contributed by atoms with Crippen LogP contribution in [0.5, 0.6) is 0 Å². The summed E-state index contributed by atoms with van der Waals surface area (Å²) < 4.78 is 0. The van der Waals surface area contributed by atoms with Gasteiger partial charge in [-0.3, -0.25) is 14.9 Å². The van der Waals surface area contributed by atoms with Crippen molar-refractivity contribution in [3.8, 4) is 0 Å². The van der Waals surface area contributed by atoms with Gasteiger partial charge >= 0.3 is 0 Å². The molecule has 0 radical (unpaired) electrons. The molecule has 0 amide bonds. The Morgan fingerprint density at radius 3 is 2.31 bits per heavy atom. The van der Waals surface area contributed by atoms with Crippen LogP contribution in [0.15, 0.2) is 24.3 Å². The summed E-state index contributed by atoms with van der Waals surface area (Å²) >= 11 is 1.08. The highest BCUT2D eigenvalue weighted by Gasteiger charge is 2.07. The van der Waals surface area contributed by atoms with Gasteiger partial charge in [-0.25, -0.2) is 0 Å². The van der Waals surface area contributed by atoms with Crippen molar-refractivity contribution in [1.82, 2.24) is 0 Å². The minimum atomic E-state index is -0.493. The monoisotopic (exact) mass is 197 g/mol. The highest BCUT2D eigenvalue weighted by Crippen LogP contribution is 2.15. The predicted octanol–water partition coefficient (Wildman–Crippen LogP) is 2.10. The molecule has 0 spiro atoms.